The van der Waals surface area contributed by atoms with Gasteiger partial charge in [0.05, 0.1) is 6.61 Å². The van der Waals surface area contributed by atoms with Crippen molar-refractivity contribution in [3.05, 3.63) is 29.8 Å². The zero-order valence-electron chi connectivity index (χ0n) is 9.15. The van der Waals surface area contributed by atoms with Gasteiger partial charge in [0.25, 0.3) is 0 Å². The Morgan fingerprint density at radius 3 is 2.93 bits per heavy atom. The van der Waals surface area contributed by atoms with Crippen LogP contribution in [0.5, 0.6) is 5.75 Å². The summed E-state index contributed by atoms with van der Waals surface area (Å²) in [7, 11) is 0. The fourth-order valence-electron chi connectivity index (χ4n) is 1.37. The van der Waals surface area contributed by atoms with Crippen LogP contribution in [0.1, 0.15) is 18.9 Å². The summed E-state index contributed by atoms with van der Waals surface area (Å²) in [5.74, 6) is 0.796. The molecule has 1 atom stereocenters. The predicted octanol–water partition coefficient (Wildman–Crippen LogP) is 1.34. The van der Waals surface area contributed by atoms with Crippen molar-refractivity contribution in [2.24, 2.45) is 5.73 Å². The van der Waals surface area contributed by atoms with Crippen LogP contribution in [0.25, 0.3) is 0 Å². The largest absolute Gasteiger partial charge is 0.491 e. The fraction of sp³-hybridized carbons (Fsp3) is 0.500. The lowest BCUT2D eigenvalue weighted by atomic mass is 10.0. The van der Waals surface area contributed by atoms with Crippen molar-refractivity contribution in [2.75, 3.05) is 13.2 Å². The van der Waals surface area contributed by atoms with E-state index < -0.39 is 0 Å². The molecule has 3 heteroatoms. The molecule has 0 saturated carbocycles. The third kappa shape index (κ3) is 4.32. The number of ether oxygens (including phenoxy) is 1. The number of hydrogen-bond donors (Lipinski definition) is 2. The van der Waals surface area contributed by atoms with Gasteiger partial charge in [0.2, 0.25) is 0 Å². The molecular formula is C12H19NO2. The minimum atomic E-state index is 0.0404. The SMILES string of the molecule is CCC(N)Cc1cccc(OCCO)c1. The van der Waals surface area contributed by atoms with Gasteiger partial charge >= 0.3 is 0 Å². The van der Waals surface area contributed by atoms with Crippen LogP contribution in [-0.4, -0.2) is 24.4 Å². The fourth-order valence-corrected chi connectivity index (χ4v) is 1.37. The maximum Gasteiger partial charge on any atom is 0.119 e. The number of benzene rings is 1. The number of nitrogens with two attached hydrogens (primary N) is 1. The first-order valence-corrected chi connectivity index (χ1v) is 5.34. The van der Waals surface area contributed by atoms with Crippen LogP contribution < -0.4 is 10.5 Å². The number of aliphatic hydroxyl groups is 1. The highest BCUT2D eigenvalue weighted by molar-refractivity contribution is 5.29. The van der Waals surface area contributed by atoms with Crippen LogP contribution in [0, 0.1) is 0 Å². The van der Waals surface area contributed by atoms with E-state index in [1.165, 1.54) is 5.56 Å². The standard InChI is InChI=1S/C12H19NO2/c1-2-11(13)8-10-4-3-5-12(9-10)15-7-6-14/h3-5,9,11,14H,2,6-8,13H2,1H3. The summed E-state index contributed by atoms with van der Waals surface area (Å²) < 4.78 is 5.32. The second kappa shape index (κ2) is 6.43. The minimum absolute atomic E-state index is 0.0404. The van der Waals surface area contributed by atoms with Gasteiger partial charge in [-0.2, -0.15) is 0 Å². The lowest BCUT2D eigenvalue weighted by molar-refractivity contribution is 0.201. The van der Waals surface area contributed by atoms with Crippen molar-refractivity contribution in [3.8, 4) is 5.75 Å². The van der Waals surface area contributed by atoms with Crippen LogP contribution in [0.15, 0.2) is 24.3 Å². The Hall–Kier alpha value is -1.06. The van der Waals surface area contributed by atoms with E-state index >= 15 is 0 Å². The van der Waals surface area contributed by atoms with E-state index in [0.717, 1.165) is 18.6 Å². The van der Waals surface area contributed by atoms with Gasteiger partial charge in [0.15, 0.2) is 0 Å². The lowest BCUT2D eigenvalue weighted by Gasteiger charge is -2.10. The van der Waals surface area contributed by atoms with E-state index in [0.29, 0.717) is 6.61 Å². The molecule has 0 aliphatic heterocycles. The van der Waals surface area contributed by atoms with Crippen LogP contribution in [0.3, 0.4) is 0 Å². The van der Waals surface area contributed by atoms with Crippen LogP contribution >= 0.6 is 0 Å². The average Bonchev–Trinajstić information content (AvgIpc) is 2.26. The molecule has 1 aromatic rings. The Balaban J connectivity index is 2.57. The summed E-state index contributed by atoms with van der Waals surface area (Å²) in [4.78, 5) is 0. The summed E-state index contributed by atoms with van der Waals surface area (Å²) >= 11 is 0. The smallest absolute Gasteiger partial charge is 0.119 e. The quantitative estimate of drug-likeness (QED) is 0.743. The van der Waals surface area contributed by atoms with E-state index in [4.69, 9.17) is 15.6 Å². The second-order valence-electron chi connectivity index (χ2n) is 3.59. The van der Waals surface area contributed by atoms with Crippen molar-refractivity contribution >= 4 is 0 Å². The van der Waals surface area contributed by atoms with E-state index in [9.17, 15) is 0 Å². The summed E-state index contributed by atoms with van der Waals surface area (Å²) in [6, 6.07) is 8.06. The first kappa shape index (κ1) is 12.0. The van der Waals surface area contributed by atoms with Gasteiger partial charge in [-0.3, -0.25) is 0 Å². The van der Waals surface area contributed by atoms with Crippen molar-refractivity contribution in [3.63, 3.8) is 0 Å². The molecule has 0 fully saturated rings. The lowest BCUT2D eigenvalue weighted by Crippen LogP contribution is -2.21. The first-order chi connectivity index (χ1) is 7.26. The number of rotatable bonds is 6. The molecule has 0 saturated heterocycles. The molecule has 0 heterocycles. The van der Waals surface area contributed by atoms with Crippen molar-refractivity contribution in [1.82, 2.24) is 0 Å². The van der Waals surface area contributed by atoms with E-state index in [1.54, 1.807) is 0 Å². The monoisotopic (exact) mass is 209 g/mol. The summed E-state index contributed by atoms with van der Waals surface area (Å²) in [6.45, 7) is 2.46. The molecule has 0 bridgehead atoms. The molecule has 0 radical (unpaired) electrons. The van der Waals surface area contributed by atoms with E-state index in [-0.39, 0.29) is 12.6 Å². The third-order valence-electron chi connectivity index (χ3n) is 2.28. The Kier molecular flexibility index (Phi) is 5.15. The molecule has 0 aliphatic rings. The minimum Gasteiger partial charge on any atom is -0.491 e. The molecule has 3 nitrogen and oxygen atoms in total. The summed E-state index contributed by atoms with van der Waals surface area (Å²) in [5, 5.41) is 8.64. The molecule has 3 N–H and O–H groups in total. The maximum absolute atomic E-state index is 8.64. The molecule has 0 aromatic heterocycles. The van der Waals surface area contributed by atoms with Gasteiger partial charge in [0, 0.05) is 6.04 Å². The van der Waals surface area contributed by atoms with E-state index in [2.05, 4.69) is 6.92 Å². The van der Waals surface area contributed by atoms with Gasteiger partial charge in [0.1, 0.15) is 12.4 Å². The third-order valence-corrected chi connectivity index (χ3v) is 2.28. The van der Waals surface area contributed by atoms with Crippen LogP contribution in [-0.2, 0) is 6.42 Å². The molecule has 0 spiro atoms. The Morgan fingerprint density at radius 1 is 1.47 bits per heavy atom. The highest BCUT2D eigenvalue weighted by Crippen LogP contribution is 2.14. The Labute approximate surface area is 90.9 Å². The van der Waals surface area contributed by atoms with Gasteiger partial charge in [-0.25, -0.2) is 0 Å². The van der Waals surface area contributed by atoms with Gasteiger partial charge in [-0.05, 0) is 30.5 Å². The highest BCUT2D eigenvalue weighted by atomic mass is 16.5. The molecule has 1 rings (SSSR count). The molecule has 84 valence electrons. The van der Waals surface area contributed by atoms with Crippen molar-refractivity contribution in [1.29, 1.82) is 0 Å². The second-order valence-corrected chi connectivity index (χ2v) is 3.59. The molecule has 15 heavy (non-hydrogen) atoms. The molecule has 1 unspecified atom stereocenters. The summed E-state index contributed by atoms with van der Waals surface area (Å²) in [6.07, 6.45) is 1.84. The summed E-state index contributed by atoms with van der Waals surface area (Å²) in [5.41, 5.74) is 7.05. The van der Waals surface area contributed by atoms with Gasteiger partial charge < -0.3 is 15.6 Å². The Morgan fingerprint density at radius 2 is 2.27 bits per heavy atom. The predicted molar refractivity (Wildman–Crippen MR) is 61.0 cm³/mol. The molecule has 1 aromatic carbocycles. The van der Waals surface area contributed by atoms with Crippen LogP contribution in [0.2, 0.25) is 0 Å². The van der Waals surface area contributed by atoms with Crippen LogP contribution in [0.4, 0.5) is 0 Å². The topological polar surface area (TPSA) is 55.5 Å². The average molecular weight is 209 g/mol. The van der Waals surface area contributed by atoms with E-state index in [1.807, 2.05) is 24.3 Å². The molecule has 0 amide bonds. The molecular weight excluding hydrogens is 190 g/mol. The van der Waals surface area contributed by atoms with Crippen molar-refractivity contribution < 1.29 is 9.84 Å². The Bertz CT molecular complexity index is 289. The molecule has 0 aliphatic carbocycles. The van der Waals surface area contributed by atoms with Crippen molar-refractivity contribution in [2.45, 2.75) is 25.8 Å². The number of hydrogen-bond acceptors (Lipinski definition) is 3. The zero-order valence-corrected chi connectivity index (χ0v) is 9.15. The first-order valence-electron chi connectivity index (χ1n) is 5.34. The highest BCUT2D eigenvalue weighted by Gasteiger charge is 2.02. The van der Waals surface area contributed by atoms with Gasteiger partial charge in [-0.15, -0.1) is 0 Å². The van der Waals surface area contributed by atoms with Gasteiger partial charge in [-0.1, -0.05) is 19.1 Å². The maximum atomic E-state index is 8.64. The number of aliphatic hydroxyl groups excluding tert-OH is 1. The normalized spacial score (nSPS) is 12.5. The zero-order chi connectivity index (χ0) is 11.1.